The summed E-state index contributed by atoms with van der Waals surface area (Å²) in [5, 5.41) is 55.5. The summed E-state index contributed by atoms with van der Waals surface area (Å²) in [6, 6.07) is 0. The van der Waals surface area contributed by atoms with Gasteiger partial charge in [-0.05, 0) is 48.5 Å². The molecule has 0 rings (SSSR count). The fraction of sp³-hybridized carbons (Fsp3) is 0.267. The Morgan fingerprint density at radius 2 is 0.581 bits per heavy atom. The zero-order valence-corrected chi connectivity index (χ0v) is 25.8. The molecule has 0 bridgehead atoms. The van der Waals surface area contributed by atoms with Gasteiger partial charge in [0.15, 0.2) is 0 Å². The van der Waals surface area contributed by atoms with E-state index in [0.29, 0.717) is 0 Å². The van der Waals surface area contributed by atoms with E-state index < -0.39 is 35.8 Å². The maximum atomic E-state index is 9.60. The third kappa shape index (κ3) is 85.8. The fourth-order valence-electron chi connectivity index (χ4n) is 0.251. The van der Waals surface area contributed by atoms with Gasteiger partial charge in [0.2, 0.25) is 0 Å². The molecule has 0 saturated carbocycles. The van der Waals surface area contributed by atoms with Crippen molar-refractivity contribution in [2.45, 2.75) is 48.5 Å². The van der Waals surface area contributed by atoms with Crippen LogP contribution in [0.1, 0.15) is 48.5 Å². The molecule has 0 heterocycles. The average Bonchev–Trinajstić information content (AvgIpc) is 2.86. The minimum absolute atomic E-state index is 0.129. The topological polar surface area (TPSA) is 244 Å². The Morgan fingerprint density at radius 3 is 0.651 bits per heavy atom. The van der Waals surface area contributed by atoms with Crippen molar-refractivity contribution in [3.05, 3.63) is 97.2 Å². The van der Waals surface area contributed by atoms with Gasteiger partial charge in [-0.2, -0.15) is 0 Å². The van der Waals surface area contributed by atoms with Crippen LogP contribution in [0.25, 0.3) is 0 Å². The SMILES string of the molecule is C/C=C/C=C/CO.C=C(C)C(=O)O.C=C(C)C(=O)O.C=C(C)C(=O)O.C=C(C)C(=O)O.C=C(C)C(=O)O.C=C(C)C(=O)O. The summed E-state index contributed by atoms with van der Waals surface area (Å²) >= 11 is 0. The van der Waals surface area contributed by atoms with Crippen molar-refractivity contribution in [2.24, 2.45) is 0 Å². The van der Waals surface area contributed by atoms with Crippen molar-refractivity contribution in [3.63, 3.8) is 0 Å². The van der Waals surface area contributed by atoms with Crippen LogP contribution in [0.4, 0.5) is 0 Å². The number of carboxylic acid groups (broad SMARTS) is 6. The van der Waals surface area contributed by atoms with E-state index in [9.17, 15) is 28.8 Å². The molecule has 0 aliphatic rings. The van der Waals surface area contributed by atoms with Gasteiger partial charge in [0.25, 0.3) is 0 Å². The lowest BCUT2D eigenvalue weighted by Gasteiger charge is -1.79. The van der Waals surface area contributed by atoms with Crippen molar-refractivity contribution in [3.8, 4) is 0 Å². The van der Waals surface area contributed by atoms with Crippen LogP contribution >= 0.6 is 0 Å². The highest BCUT2D eigenvalue weighted by molar-refractivity contribution is 5.86. The Bertz CT molecular complexity index is 782. The van der Waals surface area contributed by atoms with Gasteiger partial charge >= 0.3 is 35.8 Å². The molecule has 0 aliphatic carbocycles. The van der Waals surface area contributed by atoms with E-state index in [1.54, 1.807) is 12.2 Å². The zero-order chi connectivity index (χ0) is 36.5. The number of rotatable bonds is 8. The van der Waals surface area contributed by atoms with Crippen molar-refractivity contribution < 1.29 is 64.5 Å². The fourth-order valence-corrected chi connectivity index (χ4v) is 0.251. The number of aliphatic hydroxyl groups excluding tert-OH is 1. The van der Waals surface area contributed by atoms with Crippen molar-refractivity contribution in [1.29, 1.82) is 0 Å². The Balaban J connectivity index is -0.0000000704. The first-order valence-electron chi connectivity index (χ1n) is 11.5. The first-order chi connectivity index (χ1) is 19.3. The van der Waals surface area contributed by atoms with Crippen molar-refractivity contribution in [1.82, 2.24) is 0 Å². The van der Waals surface area contributed by atoms with Crippen LogP contribution in [0.3, 0.4) is 0 Å². The molecule has 0 fully saturated rings. The van der Waals surface area contributed by atoms with Gasteiger partial charge in [0, 0.05) is 33.4 Å². The molecule has 0 aromatic carbocycles. The maximum absolute atomic E-state index is 9.60. The molecular weight excluding hydrogens is 568 g/mol. The van der Waals surface area contributed by atoms with E-state index in [-0.39, 0.29) is 40.0 Å². The molecule has 0 atom stereocenters. The molecule has 244 valence electrons. The van der Waals surface area contributed by atoms with E-state index in [0.717, 1.165) is 0 Å². The summed E-state index contributed by atoms with van der Waals surface area (Å²) in [4.78, 5) is 57.6. The van der Waals surface area contributed by atoms with Gasteiger partial charge in [-0.25, -0.2) is 28.8 Å². The van der Waals surface area contributed by atoms with Gasteiger partial charge in [0.1, 0.15) is 0 Å². The molecule has 13 nitrogen and oxygen atoms in total. The molecule has 0 aromatic rings. The predicted octanol–water partition coefficient (Wildman–Crippen LogP) is 4.99. The minimum atomic E-state index is -0.935. The second-order valence-corrected chi connectivity index (χ2v) is 7.65. The van der Waals surface area contributed by atoms with Crippen LogP contribution in [-0.4, -0.2) is 78.2 Å². The third-order valence-electron chi connectivity index (χ3n) is 2.74. The number of hydrogen-bond donors (Lipinski definition) is 7. The van der Waals surface area contributed by atoms with Crippen LogP contribution in [0.5, 0.6) is 0 Å². The van der Waals surface area contributed by atoms with E-state index in [1.165, 1.54) is 41.5 Å². The third-order valence-corrected chi connectivity index (χ3v) is 2.74. The van der Waals surface area contributed by atoms with E-state index >= 15 is 0 Å². The lowest BCUT2D eigenvalue weighted by Crippen LogP contribution is -1.92. The molecule has 7 N–H and O–H groups in total. The summed E-state index contributed by atoms with van der Waals surface area (Å²) in [5.41, 5.74) is 1.06. The van der Waals surface area contributed by atoms with E-state index in [1.807, 2.05) is 19.1 Å². The summed E-state index contributed by atoms with van der Waals surface area (Å²) in [6.45, 7) is 29.7. The summed E-state index contributed by atoms with van der Waals surface area (Å²) in [6.07, 6.45) is 7.27. The highest BCUT2D eigenvalue weighted by atomic mass is 16.4. The molecule has 0 aliphatic heterocycles. The smallest absolute Gasteiger partial charge is 0.330 e. The van der Waals surface area contributed by atoms with Crippen LogP contribution in [0.15, 0.2) is 97.2 Å². The highest BCUT2D eigenvalue weighted by Gasteiger charge is 1.92. The molecule has 43 heavy (non-hydrogen) atoms. The largest absolute Gasteiger partial charge is 0.478 e. The molecular formula is C30H46O13. The molecule has 0 amide bonds. The van der Waals surface area contributed by atoms with Crippen LogP contribution in [0.2, 0.25) is 0 Å². The first-order valence-corrected chi connectivity index (χ1v) is 11.5. The number of allylic oxidation sites excluding steroid dienone is 3. The summed E-state index contributed by atoms with van der Waals surface area (Å²) in [5.74, 6) is -5.61. The van der Waals surface area contributed by atoms with Crippen LogP contribution in [0, 0.1) is 0 Å². The second-order valence-electron chi connectivity index (χ2n) is 7.65. The normalized spacial score (nSPS) is 8.19. The minimum Gasteiger partial charge on any atom is -0.478 e. The number of carboxylic acids is 6. The number of aliphatic hydroxyl groups is 1. The van der Waals surface area contributed by atoms with E-state index in [2.05, 4.69) is 39.5 Å². The van der Waals surface area contributed by atoms with Gasteiger partial charge in [-0.1, -0.05) is 63.8 Å². The number of hydrogen-bond acceptors (Lipinski definition) is 7. The Morgan fingerprint density at radius 1 is 0.442 bits per heavy atom. The number of aliphatic carboxylic acids is 6. The quantitative estimate of drug-likeness (QED) is 0.141. The molecule has 0 radical (unpaired) electrons. The molecule has 13 heteroatoms. The second kappa shape index (κ2) is 36.7. The first kappa shape index (κ1) is 53.9. The lowest BCUT2D eigenvalue weighted by molar-refractivity contribution is -0.133. The van der Waals surface area contributed by atoms with E-state index in [4.69, 9.17) is 35.7 Å². The monoisotopic (exact) mass is 614 g/mol. The van der Waals surface area contributed by atoms with Crippen LogP contribution < -0.4 is 0 Å². The highest BCUT2D eigenvalue weighted by Crippen LogP contribution is 1.83. The van der Waals surface area contributed by atoms with Crippen LogP contribution in [-0.2, 0) is 28.8 Å². The average molecular weight is 615 g/mol. The van der Waals surface area contributed by atoms with Crippen molar-refractivity contribution in [2.75, 3.05) is 6.61 Å². The van der Waals surface area contributed by atoms with Gasteiger partial charge in [-0.15, -0.1) is 0 Å². The van der Waals surface area contributed by atoms with Crippen molar-refractivity contribution >= 4 is 35.8 Å². The lowest BCUT2D eigenvalue weighted by atomic mass is 10.4. The molecule has 0 spiro atoms. The Hall–Kier alpha value is -5.30. The number of carbonyl (C=O) groups is 6. The maximum Gasteiger partial charge on any atom is 0.330 e. The summed E-state index contributed by atoms with van der Waals surface area (Å²) < 4.78 is 0. The van der Waals surface area contributed by atoms with Gasteiger partial charge < -0.3 is 35.7 Å². The predicted molar refractivity (Wildman–Crippen MR) is 166 cm³/mol. The Kier molecular flexibility index (Phi) is 46.0. The molecule has 0 aromatic heterocycles. The standard InChI is InChI=1S/C6H10O.6C4H6O2/c1-2-3-4-5-6-7;6*1-3(2)4(5)6/h2-5,7H,6H2,1H3;6*1H2,2H3,(H,5,6)/b3-2+,5-4+;;;;;;. The Labute approximate surface area is 252 Å². The summed E-state index contributed by atoms with van der Waals surface area (Å²) in [7, 11) is 0. The van der Waals surface area contributed by atoms with Gasteiger partial charge in [0.05, 0.1) is 6.61 Å². The zero-order valence-electron chi connectivity index (χ0n) is 25.8. The molecule has 0 unspecified atom stereocenters. The van der Waals surface area contributed by atoms with Gasteiger partial charge in [-0.3, -0.25) is 0 Å². The molecule has 0 saturated heterocycles.